The quantitative estimate of drug-likeness (QED) is 0.881. The molecule has 0 aliphatic rings. The lowest BCUT2D eigenvalue weighted by molar-refractivity contribution is 0.197. The van der Waals surface area contributed by atoms with Gasteiger partial charge in [-0.05, 0) is 31.2 Å². The first kappa shape index (κ1) is 10.5. The topological polar surface area (TPSA) is 29.5 Å². The van der Waals surface area contributed by atoms with Crippen molar-refractivity contribution in [2.75, 3.05) is 0 Å². The number of rotatable bonds is 4. The van der Waals surface area contributed by atoms with Crippen molar-refractivity contribution in [2.45, 2.75) is 19.4 Å². The van der Waals surface area contributed by atoms with Crippen LogP contribution in [0.2, 0.25) is 0 Å². The molecule has 0 heterocycles. The van der Waals surface area contributed by atoms with Gasteiger partial charge < -0.3 is 9.84 Å². The van der Waals surface area contributed by atoms with Gasteiger partial charge in [0.1, 0.15) is 5.75 Å². The van der Waals surface area contributed by atoms with Gasteiger partial charge in [0.15, 0.2) is 0 Å². The molecule has 1 N–H and O–H groups in total. The molecule has 0 fully saturated rings. The molecule has 0 saturated heterocycles. The number of benzene rings is 1. The summed E-state index contributed by atoms with van der Waals surface area (Å²) in [6, 6.07) is 7.62. The molecule has 1 aromatic rings. The molecule has 0 amide bonds. The van der Waals surface area contributed by atoms with Gasteiger partial charge in [-0.2, -0.15) is 0 Å². The van der Waals surface area contributed by atoms with E-state index in [1.165, 1.54) is 0 Å². The molecule has 0 saturated carbocycles. The zero-order chi connectivity index (χ0) is 9.68. The molecule has 1 atom stereocenters. The SMILES string of the molecule is CC(C[CH]O)Oc1ccc(Br)cc1. The van der Waals surface area contributed by atoms with Crippen molar-refractivity contribution in [1.29, 1.82) is 0 Å². The van der Waals surface area contributed by atoms with Gasteiger partial charge >= 0.3 is 0 Å². The lowest BCUT2D eigenvalue weighted by Gasteiger charge is -2.12. The fourth-order valence-electron chi connectivity index (χ4n) is 0.942. The summed E-state index contributed by atoms with van der Waals surface area (Å²) in [5, 5.41) is 8.55. The molecular weight excluding hydrogens is 232 g/mol. The third kappa shape index (κ3) is 3.79. The first-order valence-corrected chi connectivity index (χ1v) is 4.90. The van der Waals surface area contributed by atoms with Crippen molar-refractivity contribution in [3.8, 4) is 5.75 Å². The number of hydrogen-bond acceptors (Lipinski definition) is 2. The molecule has 0 aliphatic carbocycles. The highest BCUT2D eigenvalue weighted by molar-refractivity contribution is 9.10. The first-order valence-electron chi connectivity index (χ1n) is 4.10. The van der Waals surface area contributed by atoms with Gasteiger partial charge in [-0.1, -0.05) is 15.9 Å². The van der Waals surface area contributed by atoms with Crippen molar-refractivity contribution in [3.05, 3.63) is 35.3 Å². The van der Waals surface area contributed by atoms with E-state index in [4.69, 9.17) is 9.84 Å². The Bertz CT molecular complexity index is 246. The Kier molecular flexibility index (Phi) is 4.25. The Balaban J connectivity index is 2.49. The predicted octanol–water partition coefficient (Wildman–Crippen LogP) is 3.14. The monoisotopic (exact) mass is 243 g/mol. The molecule has 2 nitrogen and oxygen atoms in total. The lowest BCUT2D eigenvalue weighted by atomic mass is 10.3. The smallest absolute Gasteiger partial charge is 0.119 e. The van der Waals surface area contributed by atoms with E-state index in [2.05, 4.69) is 15.9 Å². The van der Waals surface area contributed by atoms with E-state index in [9.17, 15) is 0 Å². The zero-order valence-corrected chi connectivity index (χ0v) is 8.99. The Morgan fingerprint density at radius 2 is 2.08 bits per heavy atom. The minimum atomic E-state index is 0.00572. The molecule has 13 heavy (non-hydrogen) atoms. The summed E-state index contributed by atoms with van der Waals surface area (Å²) >= 11 is 3.34. The summed E-state index contributed by atoms with van der Waals surface area (Å²) in [5.74, 6) is 0.817. The van der Waals surface area contributed by atoms with Gasteiger partial charge in [-0.15, -0.1) is 0 Å². The third-order valence-electron chi connectivity index (χ3n) is 1.59. The highest BCUT2D eigenvalue weighted by Gasteiger charge is 2.02. The Labute approximate surface area is 86.7 Å². The summed E-state index contributed by atoms with van der Waals surface area (Å²) in [4.78, 5) is 0. The van der Waals surface area contributed by atoms with Gasteiger partial charge in [0.25, 0.3) is 0 Å². The summed E-state index contributed by atoms with van der Waals surface area (Å²) < 4.78 is 6.53. The maximum absolute atomic E-state index is 8.55. The van der Waals surface area contributed by atoms with E-state index in [1.54, 1.807) is 0 Å². The fourth-order valence-corrected chi connectivity index (χ4v) is 1.21. The van der Waals surface area contributed by atoms with Crippen molar-refractivity contribution >= 4 is 15.9 Å². The second kappa shape index (κ2) is 5.25. The van der Waals surface area contributed by atoms with E-state index in [-0.39, 0.29) is 6.10 Å². The minimum absolute atomic E-state index is 0.00572. The minimum Gasteiger partial charge on any atom is -0.491 e. The molecular formula is C10H12BrO2. The van der Waals surface area contributed by atoms with E-state index < -0.39 is 0 Å². The molecule has 0 aromatic heterocycles. The third-order valence-corrected chi connectivity index (χ3v) is 2.12. The molecule has 1 radical (unpaired) electrons. The molecule has 1 aromatic carbocycles. The second-order valence-corrected chi connectivity index (χ2v) is 3.72. The molecule has 3 heteroatoms. The molecule has 0 spiro atoms. The van der Waals surface area contributed by atoms with Crippen molar-refractivity contribution in [2.24, 2.45) is 0 Å². The largest absolute Gasteiger partial charge is 0.491 e. The lowest BCUT2D eigenvalue weighted by Crippen LogP contribution is -2.11. The maximum atomic E-state index is 8.55. The number of halogens is 1. The number of hydrogen-bond donors (Lipinski definition) is 1. The van der Waals surface area contributed by atoms with E-state index in [1.807, 2.05) is 31.2 Å². The van der Waals surface area contributed by atoms with Crippen molar-refractivity contribution < 1.29 is 9.84 Å². The van der Waals surface area contributed by atoms with Gasteiger partial charge in [-0.3, -0.25) is 0 Å². The van der Waals surface area contributed by atoms with Crippen LogP contribution < -0.4 is 4.74 Å². The van der Waals surface area contributed by atoms with Crippen LogP contribution in [0, 0.1) is 6.61 Å². The van der Waals surface area contributed by atoms with Crippen LogP contribution in [0.25, 0.3) is 0 Å². The van der Waals surface area contributed by atoms with E-state index >= 15 is 0 Å². The molecule has 71 valence electrons. The summed E-state index contributed by atoms with van der Waals surface area (Å²) in [6.45, 7) is 3.03. The highest BCUT2D eigenvalue weighted by atomic mass is 79.9. The van der Waals surface area contributed by atoms with Crippen LogP contribution in [0.1, 0.15) is 13.3 Å². The van der Waals surface area contributed by atoms with Gasteiger partial charge in [0.05, 0.1) is 12.7 Å². The molecule has 1 unspecified atom stereocenters. The van der Waals surface area contributed by atoms with Gasteiger partial charge in [-0.25, -0.2) is 0 Å². The number of ether oxygens (including phenoxy) is 1. The van der Waals surface area contributed by atoms with Crippen LogP contribution in [-0.4, -0.2) is 11.2 Å². The van der Waals surface area contributed by atoms with Crippen LogP contribution in [0.4, 0.5) is 0 Å². The van der Waals surface area contributed by atoms with Gasteiger partial charge in [0, 0.05) is 10.9 Å². The maximum Gasteiger partial charge on any atom is 0.119 e. The van der Waals surface area contributed by atoms with Crippen LogP contribution in [0.3, 0.4) is 0 Å². The van der Waals surface area contributed by atoms with Crippen LogP contribution >= 0.6 is 15.9 Å². The standard InChI is InChI=1S/C10H12BrO2/c1-8(6-7-12)13-10-4-2-9(11)3-5-10/h2-5,7-8,12H,6H2,1H3. The Morgan fingerprint density at radius 3 is 2.62 bits per heavy atom. The summed E-state index contributed by atoms with van der Waals surface area (Å²) in [6.07, 6.45) is 0.543. The predicted molar refractivity (Wildman–Crippen MR) is 55.1 cm³/mol. The Hall–Kier alpha value is -0.540. The average Bonchev–Trinajstić information content (AvgIpc) is 2.09. The summed E-state index contributed by atoms with van der Waals surface area (Å²) in [5.41, 5.74) is 0. The van der Waals surface area contributed by atoms with E-state index in [0.29, 0.717) is 6.42 Å². The van der Waals surface area contributed by atoms with Crippen molar-refractivity contribution in [3.63, 3.8) is 0 Å². The van der Waals surface area contributed by atoms with Crippen LogP contribution in [0.5, 0.6) is 5.75 Å². The highest BCUT2D eigenvalue weighted by Crippen LogP contribution is 2.17. The van der Waals surface area contributed by atoms with Crippen molar-refractivity contribution in [1.82, 2.24) is 0 Å². The second-order valence-electron chi connectivity index (χ2n) is 2.80. The fraction of sp³-hybridized carbons (Fsp3) is 0.300. The normalized spacial score (nSPS) is 12.5. The average molecular weight is 244 g/mol. The van der Waals surface area contributed by atoms with Crippen LogP contribution in [-0.2, 0) is 0 Å². The zero-order valence-electron chi connectivity index (χ0n) is 7.40. The molecule has 0 aliphatic heterocycles. The first-order chi connectivity index (χ1) is 6.22. The molecule has 0 bridgehead atoms. The summed E-state index contributed by atoms with van der Waals surface area (Å²) in [7, 11) is 0. The van der Waals surface area contributed by atoms with E-state index in [0.717, 1.165) is 16.8 Å². The van der Waals surface area contributed by atoms with Gasteiger partial charge in [0.2, 0.25) is 0 Å². The number of aliphatic hydroxyl groups is 1. The Morgan fingerprint density at radius 1 is 1.46 bits per heavy atom. The number of aliphatic hydroxyl groups excluding tert-OH is 1. The molecule has 1 rings (SSSR count). The van der Waals surface area contributed by atoms with Crippen LogP contribution in [0.15, 0.2) is 28.7 Å².